The second-order valence-corrected chi connectivity index (χ2v) is 7.17. The van der Waals surface area contributed by atoms with E-state index >= 15 is 0 Å². The van der Waals surface area contributed by atoms with Gasteiger partial charge in [0.2, 0.25) is 5.91 Å². The van der Waals surface area contributed by atoms with Crippen molar-refractivity contribution in [1.82, 2.24) is 15.5 Å². The number of hydrogen-bond donors (Lipinski definition) is 3. The van der Waals surface area contributed by atoms with E-state index in [1.165, 1.54) is 0 Å². The van der Waals surface area contributed by atoms with Crippen LogP contribution in [0.15, 0.2) is 53.5 Å². The number of amides is 2. The molecule has 0 radical (unpaired) electrons. The number of nitrogens with one attached hydrogen (secondary N) is 3. The zero-order valence-electron chi connectivity index (χ0n) is 18.6. The molecule has 0 aliphatic carbocycles. The van der Waals surface area contributed by atoms with Crippen LogP contribution in [-0.4, -0.2) is 43.8 Å². The normalized spacial score (nSPS) is 10.6. The molecule has 7 nitrogen and oxygen atoms in total. The Morgan fingerprint density at radius 1 is 0.968 bits per heavy atom. The van der Waals surface area contributed by atoms with Gasteiger partial charge in [-0.15, -0.1) is 24.0 Å². The molecule has 2 aromatic rings. The van der Waals surface area contributed by atoms with Crippen LogP contribution in [0.2, 0.25) is 0 Å². The van der Waals surface area contributed by atoms with E-state index in [1.807, 2.05) is 55.5 Å². The van der Waals surface area contributed by atoms with Gasteiger partial charge in [0.25, 0.3) is 5.91 Å². The lowest BCUT2D eigenvalue weighted by molar-refractivity contribution is -0.116. The number of hydrogen-bond acceptors (Lipinski definition) is 3. The molecule has 0 saturated carbocycles. The van der Waals surface area contributed by atoms with Gasteiger partial charge in [-0.3, -0.25) is 14.6 Å². The number of halogens is 1. The van der Waals surface area contributed by atoms with Crippen LogP contribution in [0.3, 0.4) is 0 Å². The van der Waals surface area contributed by atoms with E-state index in [1.54, 1.807) is 26.0 Å². The Bertz CT molecular complexity index is 882. The number of rotatable bonds is 8. The lowest BCUT2D eigenvalue weighted by Crippen LogP contribution is -2.36. The maximum Gasteiger partial charge on any atom is 0.253 e. The molecule has 0 aromatic heterocycles. The van der Waals surface area contributed by atoms with Crippen molar-refractivity contribution in [2.24, 2.45) is 4.99 Å². The second kappa shape index (κ2) is 13.6. The van der Waals surface area contributed by atoms with Crippen molar-refractivity contribution < 1.29 is 9.59 Å². The van der Waals surface area contributed by atoms with E-state index in [9.17, 15) is 9.59 Å². The third-order valence-electron chi connectivity index (χ3n) is 4.44. The summed E-state index contributed by atoms with van der Waals surface area (Å²) in [6.07, 6.45) is 1.34. The third kappa shape index (κ3) is 8.95. The highest BCUT2D eigenvalue weighted by Gasteiger charge is 2.07. The van der Waals surface area contributed by atoms with Crippen molar-refractivity contribution >= 4 is 47.4 Å². The first-order valence-corrected chi connectivity index (χ1v) is 10.1. The Hall–Kier alpha value is -2.62. The summed E-state index contributed by atoms with van der Waals surface area (Å²) >= 11 is 0. The van der Waals surface area contributed by atoms with Gasteiger partial charge in [-0.05, 0) is 41.8 Å². The number of benzene rings is 2. The first-order valence-electron chi connectivity index (χ1n) is 10.1. The van der Waals surface area contributed by atoms with Gasteiger partial charge in [-0.25, -0.2) is 0 Å². The van der Waals surface area contributed by atoms with Gasteiger partial charge in [-0.1, -0.05) is 31.2 Å². The Labute approximate surface area is 201 Å². The minimum Gasteiger partial charge on any atom is -0.352 e. The minimum atomic E-state index is -0.0138. The average molecular weight is 537 g/mol. The van der Waals surface area contributed by atoms with Gasteiger partial charge in [0.15, 0.2) is 5.96 Å². The van der Waals surface area contributed by atoms with Gasteiger partial charge >= 0.3 is 0 Å². The number of nitrogens with zero attached hydrogens (tertiary/aromatic N) is 2. The lowest BCUT2D eigenvalue weighted by atomic mass is 10.1. The van der Waals surface area contributed by atoms with Gasteiger partial charge in [-0.2, -0.15) is 0 Å². The van der Waals surface area contributed by atoms with Crippen LogP contribution in [0.4, 0.5) is 5.69 Å². The second-order valence-electron chi connectivity index (χ2n) is 7.17. The van der Waals surface area contributed by atoms with Crippen LogP contribution in [-0.2, 0) is 17.9 Å². The third-order valence-corrected chi connectivity index (χ3v) is 4.44. The molecular formula is C23H32IN5O2. The van der Waals surface area contributed by atoms with Crippen molar-refractivity contribution in [1.29, 1.82) is 0 Å². The van der Waals surface area contributed by atoms with E-state index < -0.39 is 0 Å². The highest BCUT2D eigenvalue weighted by atomic mass is 127. The van der Waals surface area contributed by atoms with E-state index in [2.05, 4.69) is 20.9 Å². The number of aliphatic imine (C=N–C) groups is 1. The summed E-state index contributed by atoms with van der Waals surface area (Å²) in [5.41, 5.74) is 3.55. The maximum atomic E-state index is 12.0. The zero-order valence-corrected chi connectivity index (χ0v) is 20.9. The van der Waals surface area contributed by atoms with Crippen molar-refractivity contribution in [2.45, 2.75) is 32.9 Å². The monoisotopic (exact) mass is 537 g/mol. The summed E-state index contributed by atoms with van der Waals surface area (Å²) in [4.78, 5) is 29.5. The van der Waals surface area contributed by atoms with Crippen LogP contribution in [0.1, 0.15) is 41.3 Å². The summed E-state index contributed by atoms with van der Waals surface area (Å²) in [6, 6.07) is 15.3. The highest BCUT2D eigenvalue weighted by molar-refractivity contribution is 14.0. The van der Waals surface area contributed by atoms with Gasteiger partial charge in [0.05, 0.1) is 0 Å². The molecule has 8 heteroatoms. The molecule has 2 rings (SSSR count). The molecule has 0 aliphatic rings. The highest BCUT2D eigenvalue weighted by Crippen LogP contribution is 2.11. The quantitative estimate of drug-likeness (QED) is 0.273. The predicted molar refractivity (Wildman–Crippen MR) is 137 cm³/mol. The molecule has 0 aliphatic heterocycles. The van der Waals surface area contributed by atoms with E-state index in [0.717, 1.165) is 23.2 Å². The lowest BCUT2D eigenvalue weighted by Gasteiger charge is -2.14. The van der Waals surface area contributed by atoms with Gasteiger partial charge < -0.3 is 20.9 Å². The molecule has 31 heavy (non-hydrogen) atoms. The van der Waals surface area contributed by atoms with Gasteiger partial charge in [0, 0.05) is 51.9 Å². The predicted octanol–water partition coefficient (Wildman–Crippen LogP) is 3.61. The summed E-state index contributed by atoms with van der Waals surface area (Å²) in [7, 11) is 5.19. The molecule has 0 atom stereocenters. The van der Waals surface area contributed by atoms with Crippen LogP contribution >= 0.6 is 24.0 Å². The van der Waals surface area contributed by atoms with Crippen molar-refractivity contribution in [3.8, 4) is 0 Å². The molecule has 2 amide bonds. The van der Waals surface area contributed by atoms with Crippen LogP contribution in [0.25, 0.3) is 0 Å². The Balaban J connectivity index is 0.00000480. The Kier molecular flexibility index (Phi) is 11.6. The Morgan fingerprint density at radius 3 is 2.19 bits per heavy atom. The maximum absolute atomic E-state index is 12.0. The van der Waals surface area contributed by atoms with Crippen molar-refractivity contribution in [3.05, 3.63) is 65.2 Å². The molecule has 0 saturated heterocycles. The fraction of sp³-hybridized carbons (Fsp3) is 0.348. The topological polar surface area (TPSA) is 85.8 Å². The SMILES string of the molecule is CCCC(=O)Nc1cccc(CNC(=NC)NCc2ccc(C(=O)N(C)C)cc2)c1.I. The molecule has 0 fully saturated rings. The van der Waals surface area contributed by atoms with E-state index in [4.69, 9.17) is 0 Å². The first kappa shape index (κ1) is 26.4. The number of anilines is 1. The van der Waals surface area contributed by atoms with Crippen LogP contribution in [0.5, 0.6) is 0 Å². The van der Waals surface area contributed by atoms with Crippen molar-refractivity contribution in [2.75, 3.05) is 26.5 Å². The molecule has 0 unspecified atom stereocenters. The van der Waals surface area contributed by atoms with Crippen LogP contribution < -0.4 is 16.0 Å². The molecule has 0 bridgehead atoms. The fourth-order valence-corrected chi connectivity index (χ4v) is 2.83. The number of guanidine groups is 1. The minimum absolute atomic E-state index is 0. The Morgan fingerprint density at radius 2 is 1.61 bits per heavy atom. The average Bonchev–Trinajstić information content (AvgIpc) is 2.74. The van der Waals surface area contributed by atoms with Crippen LogP contribution in [0, 0.1) is 0 Å². The summed E-state index contributed by atoms with van der Waals surface area (Å²) in [6.45, 7) is 3.15. The number of carbonyl (C=O) groups excluding carboxylic acids is 2. The summed E-state index contributed by atoms with van der Waals surface area (Å²) in [5, 5.41) is 9.45. The smallest absolute Gasteiger partial charge is 0.253 e. The molecule has 168 valence electrons. The number of carbonyl (C=O) groups is 2. The van der Waals surface area contributed by atoms with Gasteiger partial charge in [0.1, 0.15) is 0 Å². The fourth-order valence-electron chi connectivity index (χ4n) is 2.83. The molecule has 2 aromatic carbocycles. The molecular weight excluding hydrogens is 505 g/mol. The molecule has 3 N–H and O–H groups in total. The summed E-state index contributed by atoms with van der Waals surface area (Å²) < 4.78 is 0. The summed E-state index contributed by atoms with van der Waals surface area (Å²) in [5.74, 6) is 0.683. The first-order chi connectivity index (χ1) is 14.4. The van der Waals surface area contributed by atoms with Crippen molar-refractivity contribution in [3.63, 3.8) is 0 Å². The zero-order chi connectivity index (χ0) is 21.9. The molecule has 0 spiro atoms. The standard InChI is InChI=1S/C23H31N5O2.HI/c1-5-7-21(29)27-20-9-6-8-18(14-20)16-26-23(24-2)25-15-17-10-12-19(13-11-17)22(30)28(3)4;/h6,8-14H,5,7,15-16H2,1-4H3,(H,27,29)(H2,24,25,26);1H. The largest absolute Gasteiger partial charge is 0.352 e. The van der Waals surface area contributed by atoms with E-state index in [-0.39, 0.29) is 35.8 Å². The molecule has 0 heterocycles. The van der Waals surface area contributed by atoms with E-state index in [0.29, 0.717) is 31.0 Å².